The number of alkyl halides is 2. The molecule has 0 unspecified atom stereocenters. The van der Waals surface area contributed by atoms with Crippen LogP contribution in [-0.2, 0) is 11.3 Å². The van der Waals surface area contributed by atoms with Crippen molar-refractivity contribution in [3.8, 4) is 5.75 Å². The Morgan fingerprint density at radius 3 is 2.58 bits per heavy atom. The number of likely N-dealkylation sites (N-methyl/N-ethyl adjacent to an activating group) is 1. The van der Waals surface area contributed by atoms with Crippen molar-refractivity contribution in [2.45, 2.75) is 13.2 Å². The molecule has 0 radical (unpaired) electrons. The highest BCUT2D eigenvalue weighted by atomic mass is 19.3. The number of carbonyl (C=O) groups is 1. The molecule has 2 rings (SSSR count). The number of ether oxygens (including phenoxy) is 1. The molecule has 0 aliphatic heterocycles. The average Bonchev–Trinajstić information content (AvgIpc) is 2.61. The van der Waals surface area contributed by atoms with E-state index >= 15 is 0 Å². The third-order valence-corrected chi connectivity index (χ3v) is 3.44. The minimum Gasteiger partial charge on any atom is -0.435 e. The number of nitro benzene ring substituents is 1. The van der Waals surface area contributed by atoms with Crippen molar-refractivity contribution in [1.29, 1.82) is 0 Å². The van der Waals surface area contributed by atoms with Gasteiger partial charge in [-0.05, 0) is 29.3 Å². The van der Waals surface area contributed by atoms with Gasteiger partial charge in [0.15, 0.2) is 0 Å². The fourth-order valence-electron chi connectivity index (χ4n) is 2.16. The second-order valence-electron chi connectivity index (χ2n) is 5.40. The Kier molecular flexibility index (Phi) is 6.37. The molecule has 1 amide bonds. The number of nitrogens with zero attached hydrogens (tertiary/aromatic N) is 2. The molecule has 0 fully saturated rings. The molecular weight excluding hydrogens is 346 g/mol. The summed E-state index contributed by atoms with van der Waals surface area (Å²) >= 11 is 0. The zero-order chi connectivity index (χ0) is 19.1. The van der Waals surface area contributed by atoms with Gasteiger partial charge in [0.05, 0.1) is 4.92 Å². The van der Waals surface area contributed by atoms with Crippen molar-refractivity contribution in [2.24, 2.45) is 0 Å². The molecule has 0 saturated carbocycles. The van der Waals surface area contributed by atoms with Crippen molar-refractivity contribution in [1.82, 2.24) is 4.90 Å². The van der Waals surface area contributed by atoms with Gasteiger partial charge >= 0.3 is 6.61 Å². The lowest BCUT2D eigenvalue weighted by atomic mass is 10.2. The van der Waals surface area contributed by atoms with Crippen molar-refractivity contribution < 1.29 is 23.2 Å². The van der Waals surface area contributed by atoms with Crippen LogP contribution in [0.2, 0.25) is 0 Å². The van der Waals surface area contributed by atoms with Crippen LogP contribution in [0.5, 0.6) is 5.75 Å². The highest BCUT2D eigenvalue weighted by molar-refractivity contribution is 5.91. The number of hydrogen-bond donors (Lipinski definition) is 0. The fraction of sp³-hybridized carbons (Fsp3) is 0.167. The minimum absolute atomic E-state index is 0.0447. The van der Waals surface area contributed by atoms with Crippen LogP contribution < -0.4 is 4.74 Å². The smallest absolute Gasteiger partial charge is 0.387 e. The molecule has 0 saturated heterocycles. The predicted octanol–water partition coefficient (Wildman–Crippen LogP) is 3.87. The maximum absolute atomic E-state index is 12.1. The molecule has 0 atom stereocenters. The fourth-order valence-corrected chi connectivity index (χ4v) is 2.16. The highest BCUT2D eigenvalue weighted by Crippen LogP contribution is 2.16. The summed E-state index contributed by atoms with van der Waals surface area (Å²) in [4.78, 5) is 23.8. The minimum atomic E-state index is -2.89. The topological polar surface area (TPSA) is 72.7 Å². The van der Waals surface area contributed by atoms with Gasteiger partial charge in [0.2, 0.25) is 5.91 Å². The van der Waals surface area contributed by atoms with E-state index in [-0.39, 0.29) is 23.9 Å². The number of hydrogen-bond acceptors (Lipinski definition) is 4. The van der Waals surface area contributed by atoms with Gasteiger partial charge < -0.3 is 9.64 Å². The zero-order valence-corrected chi connectivity index (χ0v) is 13.8. The lowest BCUT2D eigenvalue weighted by molar-refractivity contribution is -0.384. The van der Waals surface area contributed by atoms with Gasteiger partial charge in [0.25, 0.3) is 5.69 Å². The van der Waals surface area contributed by atoms with Crippen LogP contribution in [-0.4, -0.2) is 29.4 Å². The highest BCUT2D eigenvalue weighted by Gasteiger charge is 2.08. The Bertz CT molecular complexity index is 807. The van der Waals surface area contributed by atoms with Crippen LogP contribution in [0.4, 0.5) is 14.5 Å². The van der Waals surface area contributed by atoms with Gasteiger partial charge in [0, 0.05) is 31.8 Å². The summed E-state index contributed by atoms with van der Waals surface area (Å²) in [5, 5.41) is 10.7. The summed E-state index contributed by atoms with van der Waals surface area (Å²) in [6, 6.07) is 11.9. The summed E-state index contributed by atoms with van der Waals surface area (Å²) in [6.45, 7) is -2.61. The van der Waals surface area contributed by atoms with Crippen LogP contribution in [0, 0.1) is 10.1 Å². The van der Waals surface area contributed by atoms with E-state index in [1.165, 1.54) is 47.4 Å². The second kappa shape index (κ2) is 8.70. The van der Waals surface area contributed by atoms with Gasteiger partial charge in [-0.1, -0.05) is 24.3 Å². The first-order valence-electron chi connectivity index (χ1n) is 7.56. The Balaban J connectivity index is 1.96. The first-order chi connectivity index (χ1) is 12.3. The number of halogens is 2. The molecule has 0 aliphatic rings. The van der Waals surface area contributed by atoms with Crippen LogP contribution >= 0.6 is 0 Å². The van der Waals surface area contributed by atoms with E-state index in [2.05, 4.69) is 4.74 Å². The summed E-state index contributed by atoms with van der Waals surface area (Å²) in [7, 11) is 1.59. The summed E-state index contributed by atoms with van der Waals surface area (Å²) in [6.07, 6.45) is 2.80. The first kappa shape index (κ1) is 19.0. The molecule has 2 aromatic rings. The molecule has 26 heavy (non-hydrogen) atoms. The number of benzene rings is 2. The molecular formula is C18H16F2N2O4. The summed E-state index contributed by atoms with van der Waals surface area (Å²) in [5.41, 5.74) is 1.22. The summed E-state index contributed by atoms with van der Waals surface area (Å²) in [5.74, 6) is -0.257. The molecule has 0 aliphatic carbocycles. The molecule has 0 spiro atoms. The SMILES string of the molecule is CN(Cc1ccc(OC(F)F)cc1)C(=O)/C=C/c1cccc([N+](=O)[O-])c1. The van der Waals surface area contributed by atoms with Crippen molar-refractivity contribution in [3.63, 3.8) is 0 Å². The van der Waals surface area contributed by atoms with E-state index in [0.29, 0.717) is 5.56 Å². The molecule has 0 N–H and O–H groups in total. The Labute approximate surface area is 148 Å². The molecule has 2 aromatic carbocycles. The largest absolute Gasteiger partial charge is 0.435 e. The van der Waals surface area contributed by atoms with E-state index in [9.17, 15) is 23.7 Å². The number of carbonyl (C=O) groups excluding carboxylic acids is 1. The van der Waals surface area contributed by atoms with Crippen molar-refractivity contribution in [3.05, 3.63) is 75.8 Å². The molecule has 0 aromatic heterocycles. The second-order valence-corrected chi connectivity index (χ2v) is 5.40. The van der Waals surface area contributed by atoms with E-state index in [1.54, 1.807) is 25.2 Å². The van der Waals surface area contributed by atoms with Gasteiger partial charge in [-0.3, -0.25) is 14.9 Å². The van der Waals surface area contributed by atoms with Gasteiger partial charge in [-0.25, -0.2) is 0 Å². The average molecular weight is 362 g/mol. The number of non-ortho nitro benzene ring substituents is 1. The molecule has 6 nitrogen and oxygen atoms in total. The molecule has 0 heterocycles. The normalized spacial score (nSPS) is 10.9. The molecule has 136 valence electrons. The monoisotopic (exact) mass is 362 g/mol. The number of rotatable bonds is 7. The van der Waals surface area contributed by atoms with Gasteiger partial charge in [-0.15, -0.1) is 0 Å². The van der Waals surface area contributed by atoms with Crippen LogP contribution in [0.25, 0.3) is 6.08 Å². The lowest BCUT2D eigenvalue weighted by Crippen LogP contribution is -2.24. The Morgan fingerprint density at radius 2 is 1.96 bits per heavy atom. The summed E-state index contributed by atoms with van der Waals surface area (Å²) < 4.78 is 28.5. The maximum Gasteiger partial charge on any atom is 0.387 e. The van der Waals surface area contributed by atoms with Crippen LogP contribution in [0.1, 0.15) is 11.1 Å². The first-order valence-corrected chi connectivity index (χ1v) is 7.56. The molecule has 8 heteroatoms. The van der Waals surface area contributed by atoms with E-state index in [1.807, 2.05) is 0 Å². The number of nitro groups is 1. The van der Waals surface area contributed by atoms with E-state index < -0.39 is 11.5 Å². The Morgan fingerprint density at radius 1 is 1.27 bits per heavy atom. The van der Waals surface area contributed by atoms with Crippen molar-refractivity contribution in [2.75, 3.05) is 7.05 Å². The third kappa shape index (κ3) is 5.66. The van der Waals surface area contributed by atoms with Crippen LogP contribution in [0.15, 0.2) is 54.6 Å². The van der Waals surface area contributed by atoms with Gasteiger partial charge in [-0.2, -0.15) is 8.78 Å². The van der Waals surface area contributed by atoms with E-state index in [4.69, 9.17) is 0 Å². The lowest BCUT2D eigenvalue weighted by Gasteiger charge is -2.15. The Hall–Kier alpha value is -3.29. The maximum atomic E-state index is 12.1. The van der Waals surface area contributed by atoms with Crippen molar-refractivity contribution >= 4 is 17.7 Å². The third-order valence-electron chi connectivity index (χ3n) is 3.44. The number of amides is 1. The zero-order valence-electron chi connectivity index (χ0n) is 13.8. The van der Waals surface area contributed by atoms with Gasteiger partial charge in [0.1, 0.15) is 5.75 Å². The van der Waals surface area contributed by atoms with E-state index in [0.717, 1.165) is 5.56 Å². The molecule has 0 bridgehead atoms. The standard InChI is InChI=1S/C18H16F2N2O4/c1-21(12-14-5-8-16(9-6-14)26-18(19)20)17(23)10-7-13-3-2-4-15(11-13)22(24)25/h2-11,18H,12H2,1H3/b10-7+. The van der Waals surface area contributed by atoms with Crippen LogP contribution in [0.3, 0.4) is 0 Å². The predicted molar refractivity (Wildman–Crippen MR) is 91.7 cm³/mol. The quantitative estimate of drug-likeness (QED) is 0.426.